The monoisotopic (exact) mass is 417 g/mol. The van der Waals surface area contributed by atoms with Crippen LogP contribution in [0.1, 0.15) is 23.5 Å². The molecular formula is C17H22F3N5S2. The van der Waals surface area contributed by atoms with Crippen molar-refractivity contribution in [3.8, 4) is 0 Å². The highest BCUT2D eigenvalue weighted by molar-refractivity contribution is 7.14. The molecule has 2 N–H and O–H groups in total. The quantitative estimate of drug-likeness (QED) is 0.577. The third kappa shape index (κ3) is 5.58. The molecule has 27 heavy (non-hydrogen) atoms. The molecule has 5 nitrogen and oxygen atoms in total. The van der Waals surface area contributed by atoms with Crippen LogP contribution < -0.4 is 15.5 Å². The van der Waals surface area contributed by atoms with Gasteiger partial charge in [0, 0.05) is 44.5 Å². The summed E-state index contributed by atoms with van der Waals surface area (Å²) in [6.07, 6.45) is -1.92. The topological polar surface area (TPSA) is 52.6 Å². The van der Waals surface area contributed by atoms with Gasteiger partial charge < -0.3 is 15.5 Å². The van der Waals surface area contributed by atoms with Gasteiger partial charge in [0.2, 0.25) is 0 Å². The predicted octanol–water partition coefficient (Wildman–Crippen LogP) is 3.60. The predicted molar refractivity (Wildman–Crippen MR) is 105 cm³/mol. The first-order valence-electron chi connectivity index (χ1n) is 8.73. The second-order valence-corrected chi connectivity index (χ2v) is 8.10. The van der Waals surface area contributed by atoms with Crippen molar-refractivity contribution in [3.05, 3.63) is 33.6 Å². The molecule has 0 bridgehead atoms. The first-order chi connectivity index (χ1) is 13.0. The van der Waals surface area contributed by atoms with Crippen LogP contribution in [-0.4, -0.2) is 43.7 Å². The Kier molecular flexibility index (Phi) is 6.59. The minimum absolute atomic E-state index is 0.337. The molecule has 2 aromatic heterocycles. The van der Waals surface area contributed by atoms with Crippen molar-refractivity contribution in [3.63, 3.8) is 0 Å². The summed E-state index contributed by atoms with van der Waals surface area (Å²) in [6.45, 7) is 2.47. The van der Waals surface area contributed by atoms with Crippen molar-refractivity contribution in [2.24, 2.45) is 4.99 Å². The number of halogens is 3. The van der Waals surface area contributed by atoms with Gasteiger partial charge in [-0.15, -0.1) is 22.7 Å². The third-order valence-electron chi connectivity index (χ3n) is 4.35. The van der Waals surface area contributed by atoms with E-state index in [-0.39, 0.29) is 0 Å². The van der Waals surface area contributed by atoms with E-state index in [1.165, 1.54) is 5.00 Å². The number of rotatable bonds is 5. The molecule has 3 rings (SSSR count). The second-order valence-electron chi connectivity index (χ2n) is 6.23. The number of nitrogens with zero attached hydrogens (tertiary/aromatic N) is 3. The fraction of sp³-hybridized carbons (Fsp3) is 0.529. The van der Waals surface area contributed by atoms with Crippen LogP contribution in [0.2, 0.25) is 0 Å². The van der Waals surface area contributed by atoms with Gasteiger partial charge in [-0.2, -0.15) is 13.2 Å². The summed E-state index contributed by atoms with van der Waals surface area (Å²) in [5.74, 6) is 0.678. The Morgan fingerprint density at radius 2 is 2.11 bits per heavy atom. The Labute approximate surface area is 164 Å². The zero-order valence-corrected chi connectivity index (χ0v) is 16.6. The van der Waals surface area contributed by atoms with Crippen LogP contribution in [0.5, 0.6) is 0 Å². The Balaban J connectivity index is 1.40. The van der Waals surface area contributed by atoms with E-state index in [9.17, 15) is 13.2 Å². The number of guanidine groups is 1. The van der Waals surface area contributed by atoms with E-state index < -0.39 is 11.9 Å². The minimum Gasteiger partial charge on any atom is -0.363 e. The van der Waals surface area contributed by atoms with Crippen LogP contribution >= 0.6 is 22.7 Å². The van der Waals surface area contributed by atoms with Crippen LogP contribution in [0.4, 0.5) is 18.2 Å². The van der Waals surface area contributed by atoms with Crippen molar-refractivity contribution in [1.29, 1.82) is 0 Å². The number of thiophene rings is 1. The van der Waals surface area contributed by atoms with E-state index >= 15 is 0 Å². The van der Waals surface area contributed by atoms with E-state index in [2.05, 4.69) is 43.0 Å². The van der Waals surface area contributed by atoms with E-state index in [0.717, 1.165) is 42.6 Å². The van der Waals surface area contributed by atoms with E-state index in [1.54, 1.807) is 18.4 Å². The first kappa shape index (κ1) is 19.9. The van der Waals surface area contributed by atoms with Crippen molar-refractivity contribution in [2.75, 3.05) is 31.6 Å². The van der Waals surface area contributed by atoms with Gasteiger partial charge in [-0.05, 0) is 30.4 Å². The molecule has 0 spiro atoms. The lowest BCUT2D eigenvalue weighted by Crippen LogP contribution is -2.49. The maximum atomic E-state index is 12.6. The third-order valence-corrected chi connectivity index (χ3v) is 6.19. The molecule has 1 saturated heterocycles. The lowest BCUT2D eigenvalue weighted by molar-refractivity contribution is -0.140. The standard InChI is InChI=1S/C17H22F3N5S2/c1-21-16(22-7-4-14-24-13(11-27-14)17(18,19)20)23-12-5-8-25(9-6-12)15-3-2-10-26-15/h2-3,10-12H,4-9H2,1H3,(H2,21,22,23). The number of piperidine rings is 1. The van der Waals surface area contributed by atoms with Gasteiger partial charge >= 0.3 is 6.18 Å². The van der Waals surface area contributed by atoms with Gasteiger partial charge in [0.15, 0.2) is 11.7 Å². The summed E-state index contributed by atoms with van der Waals surface area (Å²) in [6, 6.07) is 4.54. The molecule has 1 aliphatic rings. The molecule has 0 unspecified atom stereocenters. The Hall–Kier alpha value is -1.81. The van der Waals surface area contributed by atoms with Crippen LogP contribution in [0.25, 0.3) is 0 Å². The van der Waals surface area contributed by atoms with E-state index in [0.29, 0.717) is 30.0 Å². The molecule has 3 heterocycles. The van der Waals surface area contributed by atoms with Crippen molar-refractivity contribution < 1.29 is 13.2 Å². The summed E-state index contributed by atoms with van der Waals surface area (Å²) in [7, 11) is 1.70. The summed E-state index contributed by atoms with van der Waals surface area (Å²) in [5, 5.41) is 11.5. The molecule has 0 atom stereocenters. The highest BCUT2D eigenvalue weighted by Gasteiger charge is 2.33. The molecule has 1 aliphatic heterocycles. The first-order valence-corrected chi connectivity index (χ1v) is 10.5. The van der Waals surface area contributed by atoms with Crippen molar-refractivity contribution in [1.82, 2.24) is 15.6 Å². The largest absolute Gasteiger partial charge is 0.434 e. The normalized spacial score (nSPS) is 16.6. The van der Waals surface area contributed by atoms with Crippen LogP contribution in [0.3, 0.4) is 0 Å². The number of hydrogen-bond acceptors (Lipinski definition) is 5. The van der Waals surface area contributed by atoms with Crippen molar-refractivity contribution >= 4 is 33.6 Å². The molecule has 1 fully saturated rings. The minimum atomic E-state index is -4.38. The van der Waals surface area contributed by atoms with E-state index in [4.69, 9.17) is 0 Å². The maximum absolute atomic E-state index is 12.6. The Morgan fingerprint density at radius 1 is 1.33 bits per heavy atom. The fourth-order valence-corrected chi connectivity index (χ4v) is 4.52. The summed E-state index contributed by atoms with van der Waals surface area (Å²) in [4.78, 5) is 10.2. The molecule has 0 amide bonds. The van der Waals surface area contributed by atoms with Crippen LogP contribution in [0, 0.1) is 0 Å². The van der Waals surface area contributed by atoms with Gasteiger partial charge in [-0.1, -0.05) is 0 Å². The maximum Gasteiger partial charge on any atom is 0.434 e. The number of nitrogens with one attached hydrogen (secondary N) is 2. The highest BCUT2D eigenvalue weighted by atomic mass is 32.1. The lowest BCUT2D eigenvalue weighted by Gasteiger charge is -2.33. The SMILES string of the molecule is CN=C(NCCc1nc(C(F)(F)F)cs1)NC1CCN(c2cccs2)CC1. The van der Waals surface area contributed by atoms with Gasteiger partial charge in [0.05, 0.1) is 10.0 Å². The number of aromatic nitrogens is 1. The van der Waals surface area contributed by atoms with Crippen LogP contribution in [-0.2, 0) is 12.6 Å². The number of hydrogen-bond donors (Lipinski definition) is 2. The average Bonchev–Trinajstić information content (AvgIpc) is 3.33. The summed E-state index contributed by atoms with van der Waals surface area (Å²) in [5.41, 5.74) is -0.817. The number of thiazole rings is 1. The molecule has 0 radical (unpaired) electrons. The van der Waals surface area contributed by atoms with Crippen LogP contribution in [0.15, 0.2) is 27.9 Å². The lowest BCUT2D eigenvalue weighted by atomic mass is 10.1. The molecule has 2 aromatic rings. The fourth-order valence-electron chi connectivity index (χ4n) is 2.93. The summed E-state index contributed by atoms with van der Waals surface area (Å²) < 4.78 is 37.7. The molecular weight excluding hydrogens is 395 g/mol. The summed E-state index contributed by atoms with van der Waals surface area (Å²) >= 11 is 2.79. The molecule has 148 valence electrons. The van der Waals surface area contributed by atoms with Crippen molar-refractivity contribution in [2.45, 2.75) is 31.5 Å². The highest BCUT2D eigenvalue weighted by Crippen LogP contribution is 2.30. The Bertz CT molecular complexity index is 734. The Morgan fingerprint density at radius 3 is 2.70 bits per heavy atom. The molecule has 0 aliphatic carbocycles. The van der Waals surface area contributed by atoms with Gasteiger partial charge in [-0.25, -0.2) is 4.98 Å². The van der Waals surface area contributed by atoms with E-state index in [1.807, 2.05) is 0 Å². The molecule has 10 heteroatoms. The van der Waals surface area contributed by atoms with Gasteiger partial charge in [0.25, 0.3) is 0 Å². The molecule has 0 aromatic carbocycles. The van der Waals surface area contributed by atoms with Gasteiger partial charge in [0.1, 0.15) is 0 Å². The average molecular weight is 418 g/mol. The smallest absolute Gasteiger partial charge is 0.363 e. The number of anilines is 1. The molecule has 0 saturated carbocycles. The zero-order chi connectivity index (χ0) is 19.3. The number of alkyl halides is 3. The second kappa shape index (κ2) is 8.92. The van der Waals surface area contributed by atoms with Gasteiger partial charge in [-0.3, -0.25) is 4.99 Å². The number of aliphatic imine (C=N–C) groups is 1. The zero-order valence-electron chi connectivity index (χ0n) is 14.9.